The molecule has 3 amide bonds. The van der Waals surface area contributed by atoms with Crippen molar-refractivity contribution in [3.63, 3.8) is 0 Å². The van der Waals surface area contributed by atoms with Crippen molar-refractivity contribution >= 4 is 46.5 Å². The Labute approximate surface area is 257 Å². The number of hydrogen-bond donors (Lipinski definition) is 10. The third-order valence-electron chi connectivity index (χ3n) is 6.91. The highest BCUT2D eigenvalue weighted by atomic mass is 16.4. The van der Waals surface area contributed by atoms with Crippen LogP contribution in [-0.2, 0) is 36.8 Å². The van der Waals surface area contributed by atoms with Gasteiger partial charge in [-0.3, -0.25) is 24.2 Å². The highest BCUT2D eigenvalue weighted by Crippen LogP contribution is 2.19. The Bertz CT molecular complexity index is 1500. The molecule has 0 saturated carbocycles. The number of carboxylic acids is 2. The normalized spacial score (nSPS) is 13.6. The van der Waals surface area contributed by atoms with E-state index in [1.807, 2.05) is 24.3 Å². The SMILES string of the molecule is NC(N)=NCCCC(NC(=O)C(Cc1cnc[nH]1)NC(=O)C(Cc1c[nH]c2ccccc12)NC(=O)C(N)CCC(=O)O)C(=O)O. The van der Waals surface area contributed by atoms with Gasteiger partial charge in [-0.15, -0.1) is 0 Å². The molecular formula is C28H38N10O7. The smallest absolute Gasteiger partial charge is 0.326 e. The number of aliphatic imine (C=N–C) groups is 1. The molecule has 0 aliphatic rings. The molecule has 3 aromatic rings. The second-order valence-electron chi connectivity index (χ2n) is 10.4. The topological polar surface area (TPSA) is 297 Å². The van der Waals surface area contributed by atoms with Crippen LogP contribution in [0.4, 0.5) is 0 Å². The van der Waals surface area contributed by atoms with E-state index in [-0.39, 0.29) is 51.0 Å². The molecule has 45 heavy (non-hydrogen) atoms. The Morgan fingerprint density at radius 3 is 2.20 bits per heavy atom. The number of carbonyl (C=O) groups is 5. The van der Waals surface area contributed by atoms with Crippen LogP contribution < -0.4 is 33.2 Å². The Morgan fingerprint density at radius 2 is 1.56 bits per heavy atom. The predicted octanol–water partition coefficient (Wildman–Crippen LogP) is -1.54. The van der Waals surface area contributed by atoms with Gasteiger partial charge in [-0.05, 0) is 30.9 Å². The lowest BCUT2D eigenvalue weighted by atomic mass is 10.0. The van der Waals surface area contributed by atoms with Crippen molar-refractivity contribution in [3.05, 3.63) is 54.2 Å². The van der Waals surface area contributed by atoms with Crippen LogP contribution in [0, 0.1) is 0 Å². The van der Waals surface area contributed by atoms with Gasteiger partial charge in [0, 0.05) is 54.8 Å². The number of imidazole rings is 1. The van der Waals surface area contributed by atoms with E-state index in [2.05, 4.69) is 35.9 Å². The molecule has 13 N–H and O–H groups in total. The number of aliphatic carboxylic acids is 2. The summed E-state index contributed by atoms with van der Waals surface area (Å²) >= 11 is 0. The van der Waals surface area contributed by atoms with Crippen LogP contribution >= 0.6 is 0 Å². The van der Waals surface area contributed by atoms with E-state index < -0.39 is 53.8 Å². The largest absolute Gasteiger partial charge is 0.481 e. The number of H-pyrrole nitrogens is 2. The second kappa shape index (κ2) is 16.4. The Kier molecular flexibility index (Phi) is 12.4. The maximum Gasteiger partial charge on any atom is 0.326 e. The Morgan fingerprint density at radius 1 is 0.889 bits per heavy atom. The fraction of sp³-hybridized carbons (Fsp3) is 0.393. The summed E-state index contributed by atoms with van der Waals surface area (Å²) in [5.41, 5.74) is 18.5. The first kappa shape index (κ1) is 34.0. The third-order valence-corrected chi connectivity index (χ3v) is 6.91. The van der Waals surface area contributed by atoms with Gasteiger partial charge in [0.1, 0.15) is 18.1 Å². The highest BCUT2D eigenvalue weighted by molar-refractivity contribution is 5.95. The number of benzene rings is 1. The molecule has 3 rings (SSSR count). The third kappa shape index (κ3) is 10.6. The second-order valence-corrected chi connectivity index (χ2v) is 10.4. The number of carboxylic acid groups (broad SMARTS) is 2. The van der Waals surface area contributed by atoms with Gasteiger partial charge >= 0.3 is 11.9 Å². The molecule has 0 saturated heterocycles. The quantitative estimate of drug-likeness (QED) is 0.0438. The van der Waals surface area contributed by atoms with Crippen molar-refractivity contribution < 1.29 is 34.2 Å². The summed E-state index contributed by atoms with van der Waals surface area (Å²) in [4.78, 5) is 76.6. The molecule has 0 spiro atoms. The number of rotatable bonds is 18. The van der Waals surface area contributed by atoms with E-state index >= 15 is 0 Å². The van der Waals surface area contributed by atoms with E-state index in [1.165, 1.54) is 12.5 Å². The highest BCUT2D eigenvalue weighted by Gasteiger charge is 2.31. The van der Waals surface area contributed by atoms with Crippen LogP contribution in [0.15, 0.2) is 48.0 Å². The zero-order chi connectivity index (χ0) is 32.9. The number of para-hydroxylation sites is 1. The van der Waals surface area contributed by atoms with Crippen LogP contribution in [0.25, 0.3) is 10.9 Å². The molecule has 17 heteroatoms. The number of guanidine groups is 1. The van der Waals surface area contributed by atoms with Crippen molar-refractivity contribution in [2.45, 2.75) is 62.7 Å². The molecule has 242 valence electrons. The van der Waals surface area contributed by atoms with Crippen molar-refractivity contribution in [2.24, 2.45) is 22.2 Å². The summed E-state index contributed by atoms with van der Waals surface area (Å²) in [6.07, 6.45) is 4.19. The summed E-state index contributed by atoms with van der Waals surface area (Å²) in [5.74, 6) is -4.86. The summed E-state index contributed by atoms with van der Waals surface area (Å²) in [6, 6.07) is 2.30. The molecule has 2 heterocycles. The number of fused-ring (bicyclic) bond motifs is 1. The summed E-state index contributed by atoms with van der Waals surface area (Å²) in [6.45, 7) is 0.153. The van der Waals surface area contributed by atoms with Gasteiger partial charge in [-0.2, -0.15) is 0 Å². The van der Waals surface area contributed by atoms with E-state index in [1.54, 1.807) is 6.20 Å². The molecule has 0 bridgehead atoms. The van der Waals surface area contributed by atoms with Crippen molar-refractivity contribution in [1.29, 1.82) is 0 Å². The van der Waals surface area contributed by atoms with Gasteiger partial charge in [-0.1, -0.05) is 18.2 Å². The predicted molar refractivity (Wildman–Crippen MR) is 162 cm³/mol. The molecule has 0 radical (unpaired) electrons. The number of carbonyl (C=O) groups excluding carboxylic acids is 3. The standard InChI is InChI=1S/C28H38N10O7/c29-18(7-8-23(39)40)24(41)37-21(10-15-12-34-19-5-2-1-4-17(15)19)25(42)38-22(11-16-13-32-14-35-16)26(43)36-20(27(44)45)6-3-9-33-28(30)31/h1-2,4-5,12-14,18,20-22,34H,3,6-11,29H2,(H,32,35)(H,36,43)(H,37,41)(H,38,42)(H,39,40)(H,44,45)(H4,30,31,33). The van der Waals surface area contributed by atoms with Gasteiger partial charge in [0.2, 0.25) is 17.7 Å². The van der Waals surface area contributed by atoms with Gasteiger partial charge in [0.15, 0.2) is 5.96 Å². The van der Waals surface area contributed by atoms with Gasteiger partial charge in [-0.25, -0.2) is 9.78 Å². The lowest BCUT2D eigenvalue weighted by Crippen LogP contribution is -2.58. The van der Waals surface area contributed by atoms with Crippen molar-refractivity contribution in [1.82, 2.24) is 30.9 Å². The molecule has 4 atom stereocenters. The minimum atomic E-state index is -1.30. The first-order valence-corrected chi connectivity index (χ1v) is 14.1. The first-order valence-electron chi connectivity index (χ1n) is 14.1. The molecule has 17 nitrogen and oxygen atoms in total. The number of amides is 3. The number of nitrogens with zero attached hydrogens (tertiary/aromatic N) is 2. The van der Waals surface area contributed by atoms with Crippen LogP contribution in [0.1, 0.15) is 36.9 Å². The van der Waals surface area contributed by atoms with Gasteiger partial charge < -0.3 is 53.3 Å². The average molecular weight is 627 g/mol. The molecule has 0 aliphatic heterocycles. The summed E-state index contributed by atoms with van der Waals surface area (Å²) in [5, 5.41) is 27.1. The summed E-state index contributed by atoms with van der Waals surface area (Å²) < 4.78 is 0. The Hall–Kier alpha value is -5.45. The van der Waals surface area contributed by atoms with E-state index in [9.17, 15) is 29.1 Å². The lowest BCUT2D eigenvalue weighted by molar-refractivity contribution is -0.142. The maximum atomic E-state index is 13.7. The molecule has 2 aromatic heterocycles. The van der Waals surface area contributed by atoms with Crippen LogP contribution in [-0.4, -0.2) is 91.5 Å². The number of aromatic amines is 2. The van der Waals surface area contributed by atoms with Crippen LogP contribution in [0.5, 0.6) is 0 Å². The number of aromatic nitrogens is 3. The van der Waals surface area contributed by atoms with Crippen molar-refractivity contribution in [3.8, 4) is 0 Å². The van der Waals surface area contributed by atoms with Crippen LogP contribution in [0.2, 0.25) is 0 Å². The maximum absolute atomic E-state index is 13.7. The Balaban J connectivity index is 1.83. The molecule has 0 fully saturated rings. The molecule has 4 unspecified atom stereocenters. The van der Waals surface area contributed by atoms with E-state index in [0.717, 1.165) is 10.9 Å². The van der Waals surface area contributed by atoms with E-state index in [0.29, 0.717) is 11.3 Å². The van der Waals surface area contributed by atoms with Gasteiger partial charge in [0.25, 0.3) is 0 Å². The monoisotopic (exact) mass is 626 g/mol. The number of nitrogens with one attached hydrogen (secondary N) is 5. The zero-order valence-corrected chi connectivity index (χ0v) is 24.4. The lowest BCUT2D eigenvalue weighted by Gasteiger charge is -2.25. The van der Waals surface area contributed by atoms with Gasteiger partial charge in [0.05, 0.1) is 12.4 Å². The fourth-order valence-electron chi connectivity index (χ4n) is 4.55. The minimum Gasteiger partial charge on any atom is -0.481 e. The fourth-order valence-corrected chi connectivity index (χ4v) is 4.55. The summed E-state index contributed by atoms with van der Waals surface area (Å²) in [7, 11) is 0. The van der Waals surface area contributed by atoms with Crippen molar-refractivity contribution in [2.75, 3.05) is 6.54 Å². The molecule has 0 aliphatic carbocycles. The number of hydrogen-bond acceptors (Lipinski definition) is 8. The first-order chi connectivity index (χ1) is 21.4. The average Bonchev–Trinajstić information content (AvgIpc) is 3.66. The zero-order valence-electron chi connectivity index (χ0n) is 24.4. The van der Waals surface area contributed by atoms with E-state index in [4.69, 9.17) is 22.3 Å². The molecule has 1 aromatic carbocycles. The minimum absolute atomic E-state index is 0.00578. The van der Waals surface area contributed by atoms with Crippen LogP contribution in [0.3, 0.4) is 0 Å². The molecular weight excluding hydrogens is 588 g/mol. The number of nitrogens with two attached hydrogens (primary N) is 3.